The number of methoxy groups -OCH3 is 1. The second-order valence-electron chi connectivity index (χ2n) is 4.70. The van der Waals surface area contributed by atoms with Crippen molar-refractivity contribution in [2.75, 3.05) is 18.9 Å². The maximum Gasteiger partial charge on any atom is 0.268 e. The Morgan fingerprint density at radius 1 is 1.24 bits per heavy atom. The van der Waals surface area contributed by atoms with Crippen LogP contribution in [0, 0.1) is 5.82 Å². The molecule has 3 rings (SSSR count). The lowest BCUT2D eigenvalue weighted by Gasteiger charge is -2.23. The summed E-state index contributed by atoms with van der Waals surface area (Å²) in [7, 11) is 1.16. The van der Waals surface area contributed by atoms with Gasteiger partial charge in [-0.3, -0.25) is 0 Å². The number of hydrogen-bond acceptors (Lipinski definition) is 2. The zero-order valence-electron chi connectivity index (χ0n) is 11.0. The normalized spacial score (nSPS) is 20.0. The molecule has 1 heterocycles. The third-order valence-electron chi connectivity index (χ3n) is 3.57. The quantitative estimate of drug-likeness (QED) is 0.476. The average Bonchev–Trinajstić information content (AvgIpc) is 2.70. The van der Waals surface area contributed by atoms with E-state index in [1.54, 1.807) is 30.3 Å². The van der Waals surface area contributed by atoms with Gasteiger partial charge in [0.1, 0.15) is 6.67 Å². The van der Waals surface area contributed by atoms with Crippen LogP contribution >= 0.6 is 0 Å². The molecule has 0 saturated carbocycles. The highest BCUT2D eigenvalue weighted by Crippen LogP contribution is 2.56. The minimum atomic E-state index is -3.09. The number of anilines is 1. The van der Waals surface area contributed by atoms with Crippen molar-refractivity contribution in [3.8, 4) is 16.9 Å². The van der Waals surface area contributed by atoms with Crippen molar-refractivity contribution in [3.05, 3.63) is 47.8 Å². The molecular formula is C15H11F4NO. The van der Waals surface area contributed by atoms with Gasteiger partial charge in [-0.25, -0.2) is 13.2 Å². The zero-order valence-corrected chi connectivity index (χ0v) is 11.0. The van der Waals surface area contributed by atoms with Gasteiger partial charge in [0, 0.05) is 0 Å². The SMILES string of the molecule is COc1c2c(F)cc(-c3ccccc3)c1C(F)(CF)N2F. The number of fused-ring (bicyclic) bond motifs is 2. The Morgan fingerprint density at radius 2 is 1.90 bits per heavy atom. The zero-order chi connectivity index (χ0) is 15.2. The minimum absolute atomic E-state index is 0.0639. The Kier molecular flexibility index (Phi) is 3.04. The standard InChI is InChI=1S/C15H11F4NO/c1-21-14-12-10(9-5-3-2-4-6-9)7-11(17)13(14)20(19)15(12,18)8-16/h2-7H,8H2,1H3. The number of nitrogens with zero attached hydrogens (tertiary/aromatic N) is 1. The molecule has 2 aromatic rings. The van der Waals surface area contributed by atoms with E-state index >= 15 is 0 Å². The van der Waals surface area contributed by atoms with Crippen molar-refractivity contribution in [2.24, 2.45) is 0 Å². The van der Waals surface area contributed by atoms with Crippen LogP contribution in [0.5, 0.6) is 5.75 Å². The number of ether oxygens (including phenoxy) is 1. The topological polar surface area (TPSA) is 12.5 Å². The largest absolute Gasteiger partial charge is 0.494 e. The first-order valence-corrected chi connectivity index (χ1v) is 6.22. The molecule has 1 atom stereocenters. The molecule has 21 heavy (non-hydrogen) atoms. The first kappa shape index (κ1) is 13.7. The summed E-state index contributed by atoms with van der Waals surface area (Å²) in [5.41, 5.74) is -0.541. The summed E-state index contributed by atoms with van der Waals surface area (Å²) in [6.45, 7) is -1.66. The van der Waals surface area contributed by atoms with E-state index in [1.807, 2.05) is 0 Å². The fourth-order valence-corrected chi connectivity index (χ4v) is 2.62. The molecule has 0 amide bonds. The number of alkyl halides is 2. The molecule has 0 spiro atoms. The maximum absolute atomic E-state index is 14.7. The van der Waals surface area contributed by atoms with Gasteiger partial charge < -0.3 is 4.74 Å². The Bertz CT molecular complexity index is 692. The van der Waals surface area contributed by atoms with E-state index in [0.29, 0.717) is 5.56 Å². The van der Waals surface area contributed by atoms with E-state index in [1.165, 1.54) is 0 Å². The Balaban J connectivity index is 2.36. The predicted octanol–water partition coefficient (Wildman–Crippen LogP) is 4.30. The highest BCUT2D eigenvalue weighted by atomic mass is 19.2. The van der Waals surface area contributed by atoms with Crippen LogP contribution in [-0.4, -0.2) is 13.8 Å². The monoisotopic (exact) mass is 297 g/mol. The molecule has 1 aliphatic heterocycles. The summed E-state index contributed by atoms with van der Waals surface area (Å²) in [4.78, 5) is 0. The molecule has 1 unspecified atom stereocenters. The number of halogens is 4. The molecule has 2 nitrogen and oxygen atoms in total. The van der Waals surface area contributed by atoms with Crippen LogP contribution < -0.4 is 9.86 Å². The highest BCUT2D eigenvalue weighted by Gasteiger charge is 2.54. The van der Waals surface area contributed by atoms with Gasteiger partial charge in [0.15, 0.2) is 17.3 Å². The first-order valence-electron chi connectivity index (χ1n) is 6.22. The number of rotatable bonds is 3. The number of benzene rings is 2. The van der Waals surface area contributed by atoms with Crippen molar-refractivity contribution in [2.45, 2.75) is 5.79 Å². The van der Waals surface area contributed by atoms with Crippen LogP contribution in [0.15, 0.2) is 36.4 Å². The van der Waals surface area contributed by atoms with Crippen molar-refractivity contribution < 1.29 is 22.4 Å². The lowest BCUT2D eigenvalue weighted by molar-refractivity contribution is 0.0675. The molecule has 0 fully saturated rings. The summed E-state index contributed by atoms with van der Waals surface area (Å²) >= 11 is 0. The molecule has 0 aromatic heterocycles. The van der Waals surface area contributed by atoms with Gasteiger partial charge in [0.2, 0.25) is 0 Å². The molecule has 0 radical (unpaired) electrons. The van der Waals surface area contributed by atoms with E-state index in [-0.39, 0.29) is 16.9 Å². The van der Waals surface area contributed by atoms with Gasteiger partial charge in [0.25, 0.3) is 5.79 Å². The summed E-state index contributed by atoms with van der Waals surface area (Å²) in [6, 6.07) is 9.25. The average molecular weight is 297 g/mol. The van der Waals surface area contributed by atoms with Gasteiger partial charge in [-0.1, -0.05) is 34.8 Å². The molecule has 1 aliphatic rings. The lowest BCUT2D eigenvalue weighted by Crippen LogP contribution is -2.35. The van der Waals surface area contributed by atoms with Gasteiger partial charge in [-0.2, -0.15) is 5.12 Å². The lowest BCUT2D eigenvalue weighted by atomic mass is 9.95. The fraction of sp³-hybridized carbons (Fsp3) is 0.200. The Hall–Kier alpha value is -2.24. The smallest absolute Gasteiger partial charge is 0.268 e. The molecule has 2 bridgehead atoms. The van der Waals surface area contributed by atoms with Gasteiger partial charge >= 0.3 is 0 Å². The van der Waals surface area contributed by atoms with Gasteiger partial charge in [0.05, 0.1) is 12.7 Å². The van der Waals surface area contributed by atoms with E-state index < -0.39 is 29.1 Å². The molecule has 0 saturated heterocycles. The van der Waals surface area contributed by atoms with Crippen LogP contribution in [0.1, 0.15) is 5.56 Å². The Morgan fingerprint density at radius 3 is 2.48 bits per heavy atom. The third-order valence-corrected chi connectivity index (χ3v) is 3.57. The van der Waals surface area contributed by atoms with Crippen molar-refractivity contribution >= 4 is 5.69 Å². The summed E-state index contributed by atoms with van der Waals surface area (Å²) in [5.74, 6) is -4.42. The summed E-state index contributed by atoms with van der Waals surface area (Å²) in [5, 5.41) is -0.539. The van der Waals surface area contributed by atoms with Crippen molar-refractivity contribution in [3.63, 3.8) is 0 Å². The van der Waals surface area contributed by atoms with E-state index in [0.717, 1.165) is 13.2 Å². The van der Waals surface area contributed by atoms with E-state index in [9.17, 15) is 17.7 Å². The second kappa shape index (κ2) is 4.65. The molecule has 0 aliphatic carbocycles. The molecule has 2 aromatic carbocycles. The van der Waals surface area contributed by atoms with Crippen molar-refractivity contribution in [1.29, 1.82) is 0 Å². The first-order chi connectivity index (χ1) is 10.0. The predicted molar refractivity (Wildman–Crippen MR) is 70.7 cm³/mol. The summed E-state index contributed by atoms with van der Waals surface area (Å²) < 4.78 is 61.0. The van der Waals surface area contributed by atoms with Crippen LogP contribution in [0.2, 0.25) is 0 Å². The fourth-order valence-electron chi connectivity index (χ4n) is 2.62. The van der Waals surface area contributed by atoms with Gasteiger partial charge in [-0.15, -0.1) is 0 Å². The van der Waals surface area contributed by atoms with Crippen molar-refractivity contribution in [1.82, 2.24) is 0 Å². The third kappa shape index (κ3) is 1.71. The van der Waals surface area contributed by atoms with E-state index in [4.69, 9.17) is 4.74 Å². The van der Waals surface area contributed by atoms with Crippen LogP contribution in [0.3, 0.4) is 0 Å². The van der Waals surface area contributed by atoms with Gasteiger partial charge in [-0.05, 0) is 17.2 Å². The molecule has 0 N–H and O–H groups in total. The Labute approximate surface area is 118 Å². The van der Waals surface area contributed by atoms with Crippen LogP contribution in [0.4, 0.5) is 23.3 Å². The summed E-state index contributed by atoms with van der Waals surface area (Å²) in [6.07, 6.45) is 0. The second-order valence-corrected chi connectivity index (χ2v) is 4.70. The molecular weight excluding hydrogens is 286 g/mol. The minimum Gasteiger partial charge on any atom is -0.494 e. The van der Waals surface area contributed by atoms with Crippen LogP contribution in [0.25, 0.3) is 11.1 Å². The van der Waals surface area contributed by atoms with E-state index in [2.05, 4.69) is 0 Å². The maximum atomic E-state index is 14.7. The number of hydrogen-bond donors (Lipinski definition) is 0. The highest BCUT2D eigenvalue weighted by molar-refractivity contribution is 5.82. The molecule has 110 valence electrons. The molecule has 6 heteroatoms. The van der Waals surface area contributed by atoms with Crippen LogP contribution in [-0.2, 0) is 5.79 Å².